The summed E-state index contributed by atoms with van der Waals surface area (Å²) in [5, 5.41) is 0.539. The van der Waals surface area contributed by atoms with Gasteiger partial charge in [-0.1, -0.05) is 23.9 Å². The van der Waals surface area contributed by atoms with Gasteiger partial charge in [-0.25, -0.2) is 4.39 Å². The van der Waals surface area contributed by atoms with Gasteiger partial charge < -0.3 is 5.73 Å². The molecule has 16 heavy (non-hydrogen) atoms. The van der Waals surface area contributed by atoms with E-state index in [9.17, 15) is 4.39 Å². The molecular formula is C12H17FN2S. The molecule has 0 aliphatic carbocycles. The number of rotatable bonds is 2. The first-order valence-corrected chi connectivity index (χ1v) is 6.08. The van der Waals surface area contributed by atoms with E-state index in [-0.39, 0.29) is 11.4 Å². The second-order valence-corrected chi connectivity index (χ2v) is 5.54. The number of amidine groups is 1. The largest absolute Gasteiger partial charge is 0.379 e. The summed E-state index contributed by atoms with van der Waals surface area (Å²) >= 11 is 1.43. The fraction of sp³-hybridized carbons (Fsp3) is 0.417. The Balaban J connectivity index is 2.55. The van der Waals surface area contributed by atoms with Crippen LogP contribution in [0, 0.1) is 5.82 Å². The Morgan fingerprint density at radius 2 is 2.12 bits per heavy atom. The molecule has 0 atom stereocenters. The number of benzene rings is 1. The van der Waals surface area contributed by atoms with E-state index in [1.54, 1.807) is 6.07 Å². The molecule has 1 rings (SSSR count). The third kappa shape index (κ3) is 5.16. The number of hydrogen-bond donors (Lipinski definition) is 1. The molecule has 0 unspecified atom stereocenters. The zero-order valence-corrected chi connectivity index (χ0v) is 10.6. The van der Waals surface area contributed by atoms with Gasteiger partial charge in [0.2, 0.25) is 0 Å². The fourth-order valence-corrected chi connectivity index (χ4v) is 1.98. The van der Waals surface area contributed by atoms with Crippen molar-refractivity contribution in [3.8, 4) is 0 Å². The van der Waals surface area contributed by atoms with Gasteiger partial charge >= 0.3 is 0 Å². The monoisotopic (exact) mass is 240 g/mol. The molecule has 0 heterocycles. The molecule has 0 aromatic heterocycles. The van der Waals surface area contributed by atoms with Gasteiger partial charge in [-0.2, -0.15) is 0 Å². The summed E-state index contributed by atoms with van der Waals surface area (Å²) < 4.78 is 12.9. The molecule has 0 radical (unpaired) electrons. The molecule has 0 fully saturated rings. The Bertz CT molecular complexity index is 383. The van der Waals surface area contributed by atoms with Crippen molar-refractivity contribution in [3.05, 3.63) is 35.6 Å². The summed E-state index contributed by atoms with van der Waals surface area (Å²) in [6.45, 7) is 5.97. The van der Waals surface area contributed by atoms with E-state index in [2.05, 4.69) is 4.99 Å². The molecule has 88 valence electrons. The van der Waals surface area contributed by atoms with Crippen LogP contribution < -0.4 is 5.73 Å². The molecule has 0 aliphatic rings. The van der Waals surface area contributed by atoms with Crippen LogP contribution in [0.25, 0.3) is 0 Å². The lowest BCUT2D eigenvalue weighted by atomic mass is 10.1. The Kier molecular flexibility index (Phi) is 4.35. The number of thioether (sulfide) groups is 1. The number of halogens is 1. The minimum absolute atomic E-state index is 0.168. The second-order valence-electron chi connectivity index (χ2n) is 4.54. The number of aliphatic imine (C=N–C) groups is 1. The normalized spacial score (nSPS) is 12.9. The summed E-state index contributed by atoms with van der Waals surface area (Å²) in [4.78, 5) is 4.31. The van der Waals surface area contributed by atoms with Gasteiger partial charge in [0, 0.05) is 5.75 Å². The Labute approximate surface area is 100 Å². The quantitative estimate of drug-likeness (QED) is 0.637. The minimum Gasteiger partial charge on any atom is -0.379 e. The van der Waals surface area contributed by atoms with Crippen LogP contribution in [-0.4, -0.2) is 10.7 Å². The van der Waals surface area contributed by atoms with Gasteiger partial charge in [-0.15, -0.1) is 0 Å². The molecule has 0 bridgehead atoms. The third-order valence-electron chi connectivity index (χ3n) is 1.72. The van der Waals surface area contributed by atoms with Crippen LogP contribution in [-0.2, 0) is 5.75 Å². The van der Waals surface area contributed by atoms with Crippen molar-refractivity contribution in [3.63, 3.8) is 0 Å². The minimum atomic E-state index is -0.218. The van der Waals surface area contributed by atoms with Gasteiger partial charge in [0.05, 0.1) is 5.54 Å². The smallest absolute Gasteiger partial charge is 0.154 e. The number of nitrogens with zero attached hydrogens (tertiary/aromatic N) is 1. The lowest BCUT2D eigenvalue weighted by molar-refractivity contribution is 0.585. The highest BCUT2D eigenvalue weighted by molar-refractivity contribution is 8.13. The van der Waals surface area contributed by atoms with Crippen molar-refractivity contribution in [2.24, 2.45) is 10.7 Å². The highest BCUT2D eigenvalue weighted by Gasteiger charge is 2.08. The van der Waals surface area contributed by atoms with E-state index in [0.717, 1.165) is 5.56 Å². The molecule has 4 heteroatoms. The maximum absolute atomic E-state index is 12.9. The fourth-order valence-electron chi connectivity index (χ4n) is 1.15. The van der Waals surface area contributed by atoms with Crippen LogP contribution in [0.15, 0.2) is 29.3 Å². The average Bonchev–Trinajstić information content (AvgIpc) is 2.12. The molecule has 0 saturated carbocycles. The topological polar surface area (TPSA) is 38.4 Å². The molecular weight excluding hydrogens is 223 g/mol. The summed E-state index contributed by atoms with van der Waals surface area (Å²) in [7, 11) is 0. The van der Waals surface area contributed by atoms with Crippen LogP contribution in [0.5, 0.6) is 0 Å². The molecule has 1 aromatic rings. The van der Waals surface area contributed by atoms with E-state index in [1.807, 2.05) is 26.8 Å². The van der Waals surface area contributed by atoms with Crippen molar-refractivity contribution in [2.75, 3.05) is 0 Å². The standard InChI is InChI=1S/C12H17FN2S/c1-12(2,3)15-11(14)16-8-9-5-4-6-10(13)7-9/h4-7H,8H2,1-3H3,(H2,14,15). The molecule has 0 aliphatic heterocycles. The van der Waals surface area contributed by atoms with Crippen LogP contribution in [0.1, 0.15) is 26.3 Å². The third-order valence-corrected chi connectivity index (χ3v) is 2.59. The first kappa shape index (κ1) is 13.0. The molecule has 0 spiro atoms. The van der Waals surface area contributed by atoms with E-state index in [4.69, 9.17) is 5.73 Å². The second kappa shape index (κ2) is 5.34. The molecule has 2 nitrogen and oxygen atoms in total. The van der Waals surface area contributed by atoms with E-state index < -0.39 is 0 Å². The predicted octanol–water partition coefficient (Wildman–Crippen LogP) is 3.17. The Hall–Kier alpha value is -1.03. The number of nitrogens with two attached hydrogens (primary N) is 1. The summed E-state index contributed by atoms with van der Waals surface area (Å²) in [5.74, 6) is 0.424. The molecule has 1 aromatic carbocycles. The van der Waals surface area contributed by atoms with Gasteiger partial charge in [0.1, 0.15) is 5.82 Å². The van der Waals surface area contributed by atoms with E-state index >= 15 is 0 Å². The lowest BCUT2D eigenvalue weighted by Gasteiger charge is -2.13. The number of hydrogen-bond acceptors (Lipinski definition) is 2. The highest BCUT2D eigenvalue weighted by Crippen LogP contribution is 2.15. The van der Waals surface area contributed by atoms with Crippen LogP contribution in [0.2, 0.25) is 0 Å². The van der Waals surface area contributed by atoms with Crippen molar-refractivity contribution in [1.29, 1.82) is 0 Å². The predicted molar refractivity (Wildman–Crippen MR) is 69.1 cm³/mol. The summed E-state index contributed by atoms with van der Waals surface area (Å²) in [5.41, 5.74) is 6.51. The lowest BCUT2D eigenvalue weighted by Crippen LogP contribution is -2.17. The van der Waals surface area contributed by atoms with Crippen LogP contribution in [0.3, 0.4) is 0 Å². The molecule has 0 amide bonds. The summed E-state index contributed by atoms with van der Waals surface area (Å²) in [6, 6.07) is 6.51. The van der Waals surface area contributed by atoms with Gasteiger partial charge in [-0.05, 0) is 38.5 Å². The van der Waals surface area contributed by atoms with Crippen molar-refractivity contribution >= 4 is 16.9 Å². The molecule has 2 N–H and O–H groups in total. The zero-order valence-electron chi connectivity index (χ0n) is 9.83. The maximum atomic E-state index is 12.9. The van der Waals surface area contributed by atoms with E-state index in [0.29, 0.717) is 10.9 Å². The zero-order chi connectivity index (χ0) is 12.2. The van der Waals surface area contributed by atoms with Crippen molar-refractivity contribution in [2.45, 2.75) is 32.1 Å². The van der Waals surface area contributed by atoms with Gasteiger partial charge in [-0.3, -0.25) is 4.99 Å². The molecule has 0 saturated heterocycles. The highest BCUT2D eigenvalue weighted by atomic mass is 32.2. The first-order valence-electron chi connectivity index (χ1n) is 5.09. The first-order chi connectivity index (χ1) is 7.37. The average molecular weight is 240 g/mol. The summed E-state index contributed by atoms with van der Waals surface area (Å²) in [6.07, 6.45) is 0. The van der Waals surface area contributed by atoms with Crippen molar-refractivity contribution < 1.29 is 4.39 Å². The van der Waals surface area contributed by atoms with E-state index in [1.165, 1.54) is 23.9 Å². The van der Waals surface area contributed by atoms with Crippen LogP contribution in [0.4, 0.5) is 4.39 Å². The Morgan fingerprint density at radius 3 is 2.69 bits per heavy atom. The van der Waals surface area contributed by atoms with Gasteiger partial charge in [0.15, 0.2) is 5.17 Å². The van der Waals surface area contributed by atoms with Crippen LogP contribution >= 0.6 is 11.8 Å². The van der Waals surface area contributed by atoms with Gasteiger partial charge in [0.25, 0.3) is 0 Å². The maximum Gasteiger partial charge on any atom is 0.154 e. The Morgan fingerprint density at radius 1 is 1.44 bits per heavy atom. The van der Waals surface area contributed by atoms with Crippen molar-refractivity contribution in [1.82, 2.24) is 0 Å². The SMILES string of the molecule is CC(C)(C)N=C(N)SCc1cccc(F)c1.